The van der Waals surface area contributed by atoms with Gasteiger partial charge in [0.25, 0.3) is 0 Å². The van der Waals surface area contributed by atoms with Crippen LogP contribution in [0.15, 0.2) is 24.3 Å². The van der Waals surface area contributed by atoms with Crippen molar-refractivity contribution in [3.63, 3.8) is 0 Å². The van der Waals surface area contributed by atoms with E-state index in [0.29, 0.717) is 5.41 Å². The van der Waals surface area contributed by atoms with E-state index in [9.17, 15) is 0 Å². The molecule has 0 bridgehead atoms. The van der Waals surface area contributed by atoms with Crippen LogP contribution in [0.2, 0.25) is 0 Å². The van der Waals surface area contributed by atoms with Crippen LogP contribution in [0.4, 0.5) is 0 Å². The largest absolute Gasteiger partial charge is 0.313 e. The van der Waals surface area contributed by atoms with E-state index in [1.165, 1.54) is 38.6 Å². The first-order valence-electron chi connectivity index (χ1n) is 7.54. The van der Waals surface area contributed by atoms with Gasteiger partial charge in [0.05, 0.1) is 0 Å². The maximum absolute atomic E-state index is 3.80. The molecule has 1 saturated carbocycles. The van der Waals surface area contributed by atoms with E-state index in [0.717, 1.165) is 12.0 Å². The van der Waals surface area contributed by atoms with Crippen LogP contribution < -0.4 is 5.32 Å². The second-order valence-corrected chi connectivity index (χ2v) is 6.50. The average Bonchev–Trinajstić information content (AvgIpc) is 3.09. The van der Waals surface area contributed by atoms with Crippen LogP contribution in [0.5, 0.6) is 0 Å². The van der Waals surface area contributed by atoms with Crippen molar-refractivity contribution in [3.05, 3.63) is 35.4 Å². The van der Waals surface area contributed by atoms with Gasteiger partial charge in [-0.2, -0.15) is 0 Å². The van der Waals surface area contributed by atoms with E-state index in [1.807, 2.05) is 0 Å². The van der Waals surface area contributed by atoms with Crippen molar-refractivity contribution in [1.82, 2.24) is 5.32 Å². The monoisotopic (exact) mass is 243 g/mol. The van der Waals surface area contributed by atoms with E-state index < -0.39 is 0 Å². The predicted molar refractivity (Wildman–Crippen MR) is 76.9 cm³/mol. The Hall–Kier alpha value is -0.820. The van der Waals surface area contributed by atoms with Crippen molar-refractivity contribution in [1.29, 1.82) is 0 Å². The van der Waals surface area contributed by atoms with Crippen LogP contribution >= 0.6 is 0 Å². The summed E-state index contributed by atoms with van der Waals surface area (Å²) in [5.41, 5.74) is 3.79. The fourth-order valence-electron chi connectivity index (χ4n) is 3.34. The smallest absolute Gasteiger partial charge is 0.0127 e. The second-order valence-electron chi connectivity index (χ2n) is 6.50. The molecular formula is C17H25N. The van der Waals surface area contributed by atoms with Gasteiger partial charge in [-0.1, -0.05) is 38.1 Å². The van der Waals surface area contributed by atoms with Gasteiger partial charge in [-0.15, -0.1) is 0 Å². The van der Waals surface area contributed by atoms with Crippen LogP contribution in [-0.4, -0.2) is 12.6 Å². The minimum absolute atomic E-state index is 0.597. The average molecular weight is 243 g/mol. The molecule has 0 aromatic heterocycles. The highest BCUT2D eigenvalue weighted by atomic mass is 14.9. The zero-order valence-electron chi connectivity index (χ0n) is 11.7. The highest BCUT2D eigenvalue weighted by Gasteiger charge is 2.45. The Kier molecular flexibility index (Phi) is 3.19. The minimum Gasteiger partial charge on any atom is -0.313 e. The first-order valence-corrected chi connectivity index (χ1v) is 7.54. The highest BCUT2D eigenvalue weighted by Crippen LogP contribution is 2.51. The summed E-state index contributed by atoms with van der Waals surface area (Å²) in [5, 5.41) is 3.80. The molecule has 0 saturated heterocycles. The number of benzene rings is 1. The summed E-state index contributed by atoms with van der Waals surface area (Å²) in [6.45, 7) is 5.90. The molecule has 3 rings (SSSR count). The normalized spacial score (nSPS) is 25.1. The number of hydrogen-bond acceptors (Lipinski definition) is 1. The first-order chi connectivity index (χ1) is 8.73. The van der Waals surface area contributed by atoms with E-state index in [4.69, 9.17) is 0 Å². The molecule has 0 radical (unpaired) electrons. The Morgan fingerprint density at radius 1 is 1.33 bits per heavy atom. The second kappa shape index (κ2) is 4.70. The van der Waals surface area contributed by atoms with Gasteiger partial charge in [0.15, 0.2) is 0 Å². The molecule has 2 aliphatic carbocycles. The lowest BCUT2D eigenvalue weighted by Crippen LogP contribution is -2.39. The lowest BCUT2D eigenvalue weighted by Gasteiger charge is -2.35. The maximum atomic E-state index is 3.80. The Morgan fingerprint density at radius 3 is 2.78 bits per heavy atom. The summed E-state index contributed by atoms with van der Waals surface area (Å²) in [5.74, 6) is 0.813. The standard InChI is InChI=1S/C17H25N/c1-3-10-18-16(17(2)8-9-17)12-14-11-13-6-4-5-7-15(13)14/h4-7,14,16,18H,3,8-12H2,1-2H3. The van der Waals surface area contributed by atoms with Crippen molar-refractivity contribution in [3.8, 4) is 0 Å². The Morgan fingerprint density at radius 2 is 2.11 bits per heavy atom. The molecule has 2 unspecified atom stereocenters. The van der Waals surface area contributed by atoms with Crippen LogP contribution in [0.3, 0.4) is 0 Å². The molecule has 1 nitrogen and oxygen atoms in total. The molecule has 1 N–H and O–H groups in total. The van der Waals surface area contributed by atoms with E-state index in [1.54, 1.807) is 11.1 Å². The lowest BCUT2D eigenvalue weighted by atomic mass is 9.72. The van der Waals surface area contributed by atoms with Crippen LogP contribution in [0.25, 0.3) is 0 Å². The van der Waals surface area contributed by atoms with Gasteiger partial charge < -0.3 is 5.32 Å². The van der Waals surface area contributed by atoms with Gasteiger partial charge in [-0.25, -0.2) is 0 Å². The third kappa shape index (κ3) is 2.21. The molecule has 0 aliphatic heterocycles. The summed E-state index contributed by atoms with van der Waals surface area (Å²) in [4.78, 5) is 0. The fourth-order valence-corrected chi connectivity index (χ4v) is 3.34. The van der Waals surface area contributed by atoms with Gasteiger partial charge in [0.1, 0.15) is 0 Å². The van der Waals surface area contributed by atoms with Crippen molar-refractivity contribution in [2.24, 2.45) is 5.41 Å². The predicted octanol–water partition coefficient (Wildman–Crippen LogP) is 3.88. The van der Waals surface area contributed by atoms with Crippen molar-refractivity contribution >= 4 is 0 Å². The number of hydrogen-bond donors (Lipinski definition) is 1. The highest BCUT2D eigenvalue weighted by molar-refractivity contribution is 5.40. The molecule has 0 heterocycles. The van der Waals surface area contributed by atoms with Gasteiger partial charge in [0.2, 0.25) is 0 Å². The topological polar surface area (TPSA) is 12.0 Å². The molecular weight excluding hydrogens is 218 g/mol. The molecule has 1 aromatic rings. The maximum Gasteiger partial charge on any atom is 0.0127 e. The Labute approximate surface area is 111 Å². The van der Waals surface area contributed by atoms with Crippen molar-refractivity contribution in [2.75, 3.05) is 6.54 Å². The molecule has 2 atom stereocenters. The molecule has 18 heavy (non-hydrogen) atoms. The number of rotatable bonds is 6. The zero-order valence-corrected chi connectivity index (χ0v) is 11.7. The summed E-state index contributed by atoms with van der Waals surface area (Å²) >= 11 is 0. The molecule has 98 valence electrons. The molecule has 2 aliphatic rings. The molecule has 0 amide bonds. The third-order valence-corrected chi connectivity index (χ3v) is 5.00. The Bertz CT molecular complexity index is 419. The first kappa shape index (κ1) is 12.2. The van der Waals surface area contributed by atoms with Gasteiger partial charge in [-0.05, 0) is 61.1 Å². The van der Waals surface area contributed by atoms with Crippen molar-refractivity contribution < 1.29 is 0 Å². The Balaban J connectivity index is 1.64. The van der Waals surface area contributed by atoms with Crippen LogP contribution in [0, 0.1) is 5.41 Å². The van der Waals surface area contributed by atoms with Crippen molar-refractivity contribution in [2.45, 2.75) is 57.9 Å². The third-order valence-electron chi connectivity index (χ3n) is 5.00. The van der Waals surface area contributed by atoms with Gasteiger partial charge in [0, 0.05) is 6.04 Å². The summed E-state index contributed by atoms with van der Waals surface area (Å²) < 4.78 is 0. The summed E-state index contributed by atoms with van der Waals surface area (Å²) in [6, 6.07) is 9.72. The number of nitrogens with one attached hydrogen (secondary N) is 1. The quantitative estimate of drug-likeness (QED) is 0.799. The molecule has 1 aromatic carbocycles. The van der Waals surface area contributed by atoms with Crippen LogP contribution in [0.1, 0.15) is 56.6 Å². The molecule has 1 fully saturated rings. The SMILES string of the molecule is CCCNC(CC1Cc2ccccc21)C1(C)CC1. The van der Waals surface area contributed by atoms with Crippen LogP contribution in [-0.2, 0) is 6.42 Å². The lowest BCUT2D eigenvalue weighted by molar-refractivity contribution is 0.307. The zero-order chi connectivity index (χ0) is 12.6. The fraction of sp³-hybridized carbons (Fsp3) is 0.647. The van der Waals surface area contributed by atoms with E-state index in [2.05, 4.69) is 43.4 Å². The molecule has 1 heteroatoms. The molecule has 0 spiro atoms. The summed E-state index contributed by atoms with van der Waals surface area (Å²) in [7, 11) is 0. The van der Waals surface area contributed by atoms with E-state index in [-0.39, 0.29) is 0 Å². The van der Waals surface area contributed by atoms with E-state index >= 15 is 0 Å². The van der Waals surface area contributed by atoms with Gasteiger partial charge in [-0.3, -0.25) is 0 Å². The minimum atomic E-state index is 0.597. The number of fused-ring (bicyclic) bond motifs is 1. The van der Waals surface area contributed by atoms with Gasteiger partial charge >= 0.3 is 0 Å². The summed E-state index contributed by atoms with van der Waals surface area (Å²) in [6.07, 6.45) is 6.73.